The third-order valence-electron chi connectivity index (χ3n) is 13.5. The van der Waals surface area contributed by atoms with Gasteiger partial charge in [0.15, 0.2) is 11.4 Å². The minimum atomic E-state index is -5.19. The van der Waals surface area contributed by atoms with Crippen LogP contribution in [-0.2, 0) is 30.3 Å². The summed E-state index contributed by atoms with van der Waals surface area (Å²) in [5, 5.41) is 25.4. The molecule has 20 heteroatoms. The Labute approximate surface area is 404 Å². The number of benzene rings is 1. The number of nitrogens with zero attached hydrogens (tertiary/aromatic N) is 2. The molecule has 2 fully saturated rings. The summed E-state index contributed by atoms with van der Waals surface area (Å²) in [4.78, 5) is 32.4. The highest BCUT2D eigenvalue weighted by Crippen LogP contribution is 2.51. The van der Waals surface area contributed by atoms with Crippen molar-refractivity contribution in [2.75, 3.05) is 39.4 Å². The van der Waals surface area contributed by atoms with E-state index in [4.69, 9.17) is 29.3 Å². The number of hydrogen-bond acceptors (Lipinski definition) is 9. The van der Waals surface area contributed by atoms with Gasteiger partial charge in [0.2, 0.25) is 5.91 Å². The first-order chi connectivity index (χ1) is 31.9. The smallest absolute Gasteiger partial charge is 0.430 e. The molecule has 6 rings (SSSR count). The Bertz CT molecular complexity index is 1700. The molecule has 0 unspecified atom stereocenters. The minimum Gasteiger partial charge on any atom is -1.00 e. The lowest BCUT2D eigenvalue weighted by atomic mass is 9.89. The fourth-order valence-electron chi connectivity index (χ4n) is 10.0. The highest BCUT2D eigenvalue weighted by molar-refractivity contribution is 5.78. The second-order valence-electron chi connectivity index (χ2n) is 18.8. The van der Waals surface area contributed by atoms with Gasteiger partial charge in [-0.2, -0.15) is 26.3 Å². The van der Waals surface area contributed by atoms with E-state index in [2.05, 4.69) is 49.8 Å². The van der Waals surface area contributed by atoms with Crippen molar-refractivity contribution in [3.05, 3.63) is 34.9 Å². The molecule has 0 aliphatic carbocycles. The number of carbonyl (C=O) groups is 3. The number of unbranched alkanes of at least 4 members (excludes halogenated alkanes) is 13. The molecule has 0 aromatic heterocycles. The number of nitrogens with one attached hydrogen (secondary N) is 2. The summed E-state index contributed by atoms with van der Waals surface area (Å²) in [6.45, 7) is 5.34. The zero-order chi connectivity index (χ0) is 48.9. The molecular formula is C48H77ClF6N6O7. The number of rotatable bonds is 23. The number of guanidine groups is 1. The molecule has 0 saturated carbocycles. The van der Waals surface area contributed by atoms with Crippen LogP contribution in [0.4, 0.5) is 26.3 Å². The molecule has 1 aromatic carbocycles. The van der Waals surface area contributed by atoms with Gasteiger partial charge in [0.25, 0.3) is 0 Å². The zero-order valence-electron chi connectivity index (χ0n) is 39.8. The maximum Gasteiger partial charge on any atom is 0.430 e. The van der Waals surface area contributed by atoms with E-state index >= 15 is 0 Å². The quantitative estimate of drug-likeness (QED) is 0.0720. The Balaban J connectivity index is 0.000000711. The lowest BCUT2D eigenvalue weighted by Crippen LogP contribution is -3.00. The standard InChI is InChI=1S/C44H74N6O3.2C2HF3O2.ClH/c45-27-16-17-29-49(30-20-28-46)41(51)22-13-11-9-7-5-3-1-2-4-6-8-10-12-21-36-23-24-37-38(33-36)40-35-44(26-15-19-32-53-44)48-42-47-43(25-14-18-31-52-43)34-39(37)50(40)42;2*3-2(4,5)1(6)7;/h23-24,33,39-40H,1-22,25-32,34-35,45-46H2,(H,47,48);2*(H,6,7);1H/t39-,40+,43+,44-;;;/m1.../s1. The Hall–Kier alpha value is -3.39. The van der Waals surface area contributed by atoms with E-state index in [1.165, 1.54) is 120 Å². The number of carboxylic acids is 2. The number of fused-ring (bicyclic) bond motifs is 3. The van der Waals surface area contributed by atoms with Crippen LogP contribution in [0.3, 0.4) is 0 Å². The van der Waals surface area contributed by atoms with Gasteiger partial charge in [-0.3, -0.25) is 9.37 Å². The van der Waals surface area contributed by atoms with Crippen LogP contribution in [0.15, 0.2) is 18.2 Å². The number of halogens is 7. The summed E-state index contributed by atoms with van der Waals surface area (Å²) >= 11 is 0. The van der Waals surface area contributed by atoms with Gasteiger partial charge in [-0.05, 0) is 74.5 Å². The minimum absolute atomic E-state index is 0. The average Bonchev–Trinajstić information content (AvgIpc) is 3.58. The fraction of sp³-hybridized carbons (Fsp3) is 0.792. The maximum atomic E-state index is 12.7. The molecule has 8 N–H and O–H groups in total. The van der Waals surface area contributed by atoms with Crippen LogP contribution in [0.2, 0.25) is 0 Å². The fourth-order valence-corrected chi connectivity index (χ4v) is 10.0. The van der Waals surface area contributed by atoms with Crippen LogP contribution in [0.1, 0.15) is 189 Å². The summed E-state index contributed by atoms with van der Waals surface area (Å²) in [6.07, 6.45) is 20.8. The van der Waals surface area contributed by atoms with Crippen molar-refractivity contribution in [2.45, 2.75) is 203 Å². The average molecular weight is 1000 g/mol. The van der Waals surface area contributed by atoms with Crippen molar-refractivity contribution >= 4 is 23.8 Å². The van der Waals surface area contributed by atoms with Crippen molar-refractivity contribution in [3.63, 3.8) is 0 Å². The molecule has 0 bridgehead atoms. The number of ether oxygens (including phenoxy) is 2. The van der Waals surface area contributed by atoms with Crippen molar-refractivity contribution in [2.24, 2.45) is 0 Å². The van der Waals surface area contributed by atoms with E-state index in [-0.39, 0.29) is 23.9 Å². The molecule has 5 aliphatic heterocycles. The van der Waals surface area contributed by atoms with Crippen molar-refractivity contribution < 1.29 is 88.9 Å². The molecule has 1 aromatic rings. The Kier molecular flexibility index (Phi) is 25.2. The first-order valence-corrected chi connectivity index (χ1v) is 25.0. The van der Waals surface area contributed by atoms with Gasteiger partial charge in [-0.1, -0.05) is 88.8 Å². The second kappa shape index (κ2) is 29.1. The SMILES string of the molecule is O=C([O-])C(F)(F)F.O=C([O-])C(F)(F)F.[Cl-].[NH3+]CCCCN(CCC[NH3+])C(=O)CCCCCCCCCCCCCCCc1ccc2c(c1)[C@@H]1C[C@]3(CCCCO3)NC3=[N+]1[C@@H]2C[C@@]1(CCCCO1)N3. The lowest BCUT2D eigenvalue weighted by molar-refractivity contribution is -0.626. The summed E-state index contributed by atoms with van der Waals surface area (Å²) in [5.41, 5.74) is 11.9. The number of carbonyl (C=O) groups excluding carboxylic acids is 3. The van der Waals surface area contributed by atoms with Crippen LogP contribution in [-0.4, -0.2) is 96.5 Å². The van der Waals surface area contributed by atoms with Gasteiger partial charge in [0.05, 0.1) is 26.3 Å². The molecule has 2 saturated heterocycles. The summed E-state index contributed by atoms with van der Waals surface area (Å²) in [6, 6.07) is 8.21. The monoisotopic (exact) mass is 999 g/mol. The van der Waals surface area contributed by atoms with E-state index in [1.54, 1.807) is 5.56 Å². The third-order valence-corrected chi connectivity index (χ3v) is 13.5. The first-order valence-electron chi connectivity index (χ1n) is 25.0. The van der Waals surface area contributed by atoms with Gasteiger partial charge < -0.3 is 58.1 Å². The Morgan fingerprint density at radius 1 is 0.647 bits per heavy atom. The molecular weight excluding hydrogens is 922 g/mol. The number of alkyl halides is 6. The number of amides is 1. The highest BCUT2D eigenvalue weighted by Gasteiger charge is 2.58. The van der Waals surface area contributed by atoms with Crippen LogP contribution in [0.5, 0.6) is 0 Å². The summed E-state index contributed by atoms with van der Waals surface area (Å²) < 4.78 is 78.8. The first kappa shape index (κ1) is 58.9. The number of quaternary nitrogens is 2. The van der Waals surface area contributed by atoms with Crippen LogP contribution in [0, 0.1) is 0 Å². The zero-order valence-corrected chi connectivity index (χ0v) is 40.6. The van der Waals surface area contributed by atoms with Crippen molar-refractivity contribution in [1.82, 2.24) is 15.5 Å². The van der Waals surface area contributed by atoms with Crippen LogP contribution < -0.4 is 44.7 Å². The molecule has 5 aliphatic rings. The highest BCUT2D eigenvalue weighted by atomic mass is 35.5. The number of carboxylic acid groups (broad SMARTS) is 2. The second-order valence-corrected chi connectivity index (χ2v) is 18.8. The van der Waals surface area contributed by atoms with Gasteiger partial charge in [0.1, 0.15) is 24.0 Å². The molecule has 5 heterocycles. The van der Waals surface area contributed by atoms with Crippen LogP contribution >= 0.6 is 0 Å². The predicted octanol–water partition coefficient (Wildman–Crippen LogP) is 2.02. The maximum absolute atomic E-state index is 12.7. The molecule has 0 radical (unpaired) electrons. The number of hydrogen-bond donors (Lipinski definition) is 4. The molecule has 1 amide bonds. The Morgan fingerprint density at radius 2 is 1.09 bits per heavy atom. The number of aryl methyl sites for hydroxylation is 1. The van der Waals surface area contributed by atoms with Crippen molar-refractivity contribution in [1.29, 1.82) is 0 Å². The summed E-state index contributed by atoms with van der Waals surface area (Å²) in [7, 11) is 0. The van der Waals surface area contributed by atoms with Gasteiger partial charge in [-0.15, -0.1) is 0 Å². The molecule has 2 spiro atoms. The summed E-state index contributed by atoms with van der Waals surface area (Å²) in [5.74, 6) is -4.51. The molecule has 68 heavy (non-hydrogen) atoms. The number of aliphatic carboxylic acids is 2. The lowest BCUT2D eigenvalue weighted by Gasteiger charge is -2.47. The third kappa shape index (κ3) is 18.7. The van der Waals surface area contributed by atoms with Gasteiger partial charge in [-0.25, -0.2) is 10.6 Å². The predicted molar refractivity (Wildman–Crippen MR) is 234 cm³/mol. The molecule has 4 atom stereocenters. The van der Waals surface area contributed by atoms with Gasteiger partial charge in [0, 0.05) is 51.6 Å². The van der Waals surface area contributed by atoms with E-state index in [0.29, 0.717) is 18.0 Å². The largest absolute Gasteiger partial charge is 1.00 e. The topological polar surface area (TPSA) is 201 Å². The van der Waals surface area contributed by atoms with E-state index in [9.17, 15) is 31.1 Å². The van der Waals surface area contributed by atoms with Crippen LogP contribution in [0.25, 0.3) is 0 Å². The van der Waals surface area contributed by atoms with Crippen molar-refractivity contribution in [3.8, 4) is 0 Å². The van der Waals surface area contributed by atoms with Gasteiger partial charge >= 0.3 is 18.3 Å². The molecule has 390 valence electrons. The van der Waals surface area contributed by atoms with E-state index < -0.39 is 24.3 Å². The van der Waals surface area contributed by atoms with E-state index in [1.807, 2.05) is 0 Å². The molecule has 13 nitrogen and oxygen atoms in total. The normalized spacial score (nSPS) is 22.6. The Morgan fingerprint density at radius 3 is 1.53 bits per heavy atom. The van der Waals surface area contributed by atoms with E-state index in [0.717, 1.165) is 103 Å².